The van der Waals surface area contributed by atoms with Gasteiger partial charge < -0.3 is 15.5 Å². The Labute approximate surface area is 149 Å². The first-order chi connectivity index (χ1) is 11.2. The van der Waals surface area contributed by atoms with Crippen LogP contribution in [0.5, 0.6) is 0 Å². The molecule has 24 heavy (non-hydrogen) atoms. The van der Waals surface area contributed by atoms with Crippen LogP contribution in [0.15, 0.2) is 30.3 Å². The van der Waals surface area contributed by atoms with Crippen LogP contribution in [0, 0.1) is 5.92 Å². The predicted octanol–water partition coefficient (Wildman–Crippen LogP) is 1.91. The van der Waals surface area contributed by atoms with Gasteiger partial charge in [-0.05, 0) is 37.8 Å². The number of nitrogens with zero attached hydrogens (tertiary/aromatic N) is 2. The third-order valence-electron chi connectivity index (χ3n) is 5.08. The SMILES string of the molecule is Cl.NCC1CCCN1C(=O)C1CCN(C(=O)c2ccccc2)CC1. The van der Waals surface area contributed by atoms with Gasteiger partial charge in [-0.1, -0.05) is 18.2 Å². The van der Waals surface area contributed by atoms with Crippen LogP contribution in [0.4, 0.5) is 0 Å². The summed E-state index contributed by atoms with van der Waals surface area (Å²) in [4.78, 5) is 29.0. The van der Waals surface area contributed by atoms with Crippen molar-refractivity contribution >= 4 is 24.2 Å². The number of carbonyl (C=O) groups excluding carboxylic acids is 2. The quantitative estimate of drug-likeness (QED) is 0.904. The number of carbonyl (C=O) groups is 2. The summed E-state index contributed by atoms with van der Waals surface area (Å²) in [7, 11) is 0. The highest BCUT2D eigenvalue weighted by molar-refractivity contribution is 5.94. The minimum atomic E-state index is 0. The van der Waals surface area contributed by atoms with Crippen molar-refractivity contribution in [2.24, 2.45) is 11.7 Å². The molecule has 2 saturated heterocycles. The van der Waals surface area contributed by atoms with Crippen LogP contribution in [0.2, 0.25) is 0 Å². The van der Waals surface area contributed by atoms with Crippen LogP contribution in [-0.4, -0.2) is 53.8 Å². The van der Waals surface area contributed by atoms with Gasteiger partial charge in [-0.3, -0.25) is 9.59 Å². The summed E-state index contributed by atoms with van der Waals surface area (Å²) in [6, 6.07) is 9.57. The van der Waals surface area contributed by atoms with E-state index in [1.165, 1.54) is 0 Å². The highest BCUT2D eigenvalue weighted by atomic mass is 35.5. The fourth-order valence-corrected chi connectivity index (χ4v) is 3.70. The Morgan fingerprint density at radius 3 is 2.33 bits per heavy atom. The molecule has 0 spiro atoms. The molecule has 0 aliphatic carbocycles. The molecule has 2 heterocycles. The summed E-state index contributed by atoms with van der Waals surface area (Å²) >= 11 is 0. The molecule has 1 atom stereocenters. The molecular formula is C18H26ClN3O2. The molecular weight excluding hydrogens is 326 g/mol. The van der Waals surface area contributed by atoms with Gasteiger partial charge in [0.15, 0.2) is 0 Å². The van der Waals surface area contributed by atoms with Crippen LogP contribution < -0.4 is 5.73 Å². The topological polar surface area (TPSA) is 66.6 Å². The number of halogens is 1. The Morgan fingerprint density at radius 1 is 1.04 bits per heavy atom. The number of amides is 2. The first-order valence-corrected chi connectivity index (χ1v) is 8.55. The lowest BCUT2D eigenvalue weighted by Gasteiger charge is -2.34. The van der Waals surface area contributed by atoms with E-state index < -0.39 is 0 Å². The van der Waals surface area contributed by atoms with Crippen molar-refractivity contribution in [3.8, 4) is 0 Å². The second kappa shape index (κ2) is 8.49. The molecule has 1 unspecified atom stereocenters. The lowest BCUT2D eigenvalue weighted by molar-refractivity contribution is -0.137. The van der Waals surface area contributed by atoms with Crippen molar-refractivity contribution in [1.82, 2.24) is 9.80 Å². The maximum atomic E-state index is 12.7. The van der Waals surface area contributed by atoms with Gasteiger partial charge in [0.2, 0.25) is 5.91 Å². The molecule has 3 rings (SSSR count). The highest BCUT2D eigenvalue weighted by Gasteiger charge is 2.34. The summed E-state index contributed by atoms with van der Waals surface area (Å²) in [5, 5.41) is 0. The number of benzene rings is 1. The number of piperidine rings is 1. The molecule has 2 amide bonds. The lowest BCUT2D eigenvalue weighted by atomic mass is 9.94. The molecule has 1 aromatic rings. The van der Waals surface area contributed by atoms with Crippen LogP contribution in [0.1, 0.15) is 36.0 Å². The Kier molecular flexibility index (Phi) is 6.63. The lowest BCUT2D eigenvalue weighted by Crippen LogP contribution is -2.47. The molecule has 0 aromatic heterocycles. The average Bonchev–Trinajstić information content (AvgIpc) is 3.10. The molecule has 2 aliphatic rings. The summed E-state index contributed by atoms with van der Waals surface area (Å²) in [5.41, 5.74) is 6.49. The van der Waals surface area contributed by atoms with E-state index in [-0.39, 0.29) is 36.2 Å². The summed E-state index contributed by atoms with van der Waals surface area (Å²) in [6.45, 7) is 2.71. The first-order valence-electron chi connectivity index (χ1n) is 8.55. The molecule has 2 aliphatic heterocycles. The van der Waals surface area contributed by atoms with Crippen molar-refractivity contribution in [2.75, 3.05) is 26.2 Å². The number of nitrogens with two attached hydrogens (primary N) is 1. The third kappa shape index (κ3) is 3.90. The van der Waals surface area contributed by atoms with E-state index in [9.17, 15) is 9.59 Å². The molecule has 2 fully saturated rings. The zero-order valence-corrected chi connectivity index (χ0v) is 14.7. The highest BCUT2D eigenvalue weighted by Crippen LogP contribution is 2.25. The van der Waals surface area contributed by atoms with Crippen molar-refractivity contribution in [1.29, 1.82) is 0 Å². The van der Waals surface area contributed by atoms with E-state index in [4.69, 9.17) is 5.73 Å². The maximum absolute atomic E-state index is 12.7. The third-order valence-corrected chi connectivity index (χ3v) is 5.08. The summed E-state index contributed by atoms with van der Waals surface area (Å²) in [5.74, 6) is 0.351. The second-order valence-electron chi connectivity index (χ2n) is 6.50. The van der Waals surface area contributed by atoms with E-state index in [2.05, 4.69) is 0 Å². The largest absolute Gasteiger partial charge is 0.339 e. The number of hydrogen-bond acceptors (Lipinski definition) is 3. The van der Waals surface area contributed by atoms with E-state index in [0.29, 0.717) is 19.6 Å². The smallest absolute Gasteiger partial charge is 0.253 e. The Hall–Kier alpha value is -1.59. The molecule has 2 N–H and O–H groups in total. The molecule has 5 nitrogen and oxygen atoms in total. The Morgan fingerprint density at radius 2 is 1.71 bits per heavy atom. The standard InChI is InChI=1S/C18H25N3O2.ClH/c19-13-16-7-4-10-21(16)18(23)15-8-11-20(12-9-15)17(22)14-5-2-1-3-6-14;/h1-3,5-6,15-16H,4,7-13,19H2;1H. The van der Waals surface area contributed by atoms with Crippen molar-refractivity contribution in [3.63, 3.8) is 0 Å². The molecule has 6 heteroatoms. The molecule has 0 radical (unpaired) electrons. The predicted molar refractivity (Wildman–Crippen MR) is 96.1 cm³/mol. The summed E-state index contributed by atoms with van der Waals surface area (Å²) in [6.07, 6.45) is 3.59. The van der Waals surface area contributed by atoms with Crippen molar-refractivity contribution in [3.05, 3.63) is 35.9 Å². The first kappa shape index (κ1) is 18.7. The number of rotatable bonds is 3. The van der Waals surface area contributed by atoms with Crippen LogP contribution in [0.3, 0.4) is 0 Å². The zero-order valence-electron chi connectivity index (χ0n) is 13.9. The second-order valence-corrected chi connectivity index (χ2v) is 6.50. The van der Waals surface area contributed by atoms with E-state index in [1.807, 2.05) is 40.1 Å². The Balaban J connectivity index is 0.00000208. The zero-order chi connectivity index (χ0) is 16.2. The molecule has 1 aromatic carbocycles. The van der Waals surface area contributed by atoms with Crippen molar-refractivity contribution < 1.29 is 9.59 Å². The van der Waals surface area contributed by atoms with Crippen LogP contribution in [0.25, 0.3) is 0 Å². The van der Waals surface area contributed by atoms with Crippen molar-refractivity contribution in [2.45, 2.75) is 31.7 Å². The van der Waals surface area contributed by atoms with E-state index in [1.54, 1.807) is 0 Å². The van der Waals surface area contributed by atoms with Gasteiger partial charge in [0, 0.05) is 43.7 Å². The maximum Gasteiger partial charge on any atom is 0.253 e. The van der Waals surface area contributed by atoms with Gasteiger partial charge in [-0.15, -0.1) is 12.4 Å². The van der Waals surface area contributed by atoms with Gasteiger partial charge in [0.1, 0.15) is 0 Å². The van der Waals surface area contributed by atoms with E-state index in [0.717, 1.165) is 37.8 Å². The van der Waals surface area contributed by atoms with Crippen LogP contribution in [-0.2, 0) is 4.79 Å². The van der Waals surface area contributed by atoms with E-state index >= 15 is 0 Å². The van der Waals surface area contributed by atoms with Gasteiger partial charge in [0.25, 0.3) is 5.91 Å². The van der Waals surface area contributed by atoms with Gasteiger partial charge >= 0.3 is 0 Å². The van der Waals surface area contributed by atoms with Gasteiger partial charge in [-0.25, -0.2) is 0 Å². The minimum Gasteiger partial charge on any atom is -0.339 e. The molecule has 0 bridgehead atoms. The minimum absolute atomic E-state index is 0. The summed E-state index contributed by atoms with van der Waals surface area (Å²) < 4.78 is 0. The van der Waals surface area contributed by atoms with Gasteiger partial charge in [0.05, 0.1) is 0 Å². The Bertz CT molecular complexity index is 559. The monoisotopic (exact) mass is 351 g/mol. The van der Waals surface area contributed by atoms with Crippen LogP contribution >= 0.6 is 12.4 Å². The fraction of sp³-hybridized carbons (Fsp3) is 0.556. The molecule has 0 saturated carbocycles. The number of likely N-dealkylation sites (tertiary alicyclic amines) is 2. The molecule has 132 valence electrons. The fourth-order valence-electron chi connectivity index (χ4n) is 3.70. The number of hydrogen-bond donors (Lipinski definition) is 1. The average molecular weight is 352 g/mol. The van der Waals surface area contributed by atoms with Gasteiger partial charge in [-0.2, -0.15) is 0 Å². The normalized spacial score (nSPS) is 21.5.